The molecule has 0 saturated heterocycles. The standard InChI is InChI=1S/C10H11FNO3/c1-7(6-11)8-3-4-10(15-2)9(5-8)12(13)14/h3-5,7H,1,6H2,2H3. The van der Waals surface area contributed by atoms with E-state index in [1.54, 1.807) is 6.07 Å². The van der Waals surface area contributed by atoms with Crippen molar-refractivity contribution in [3.8, 4) is 5.75 Å². The van der Waals surface area contributed by atoms with E-state index in [1.165, 1.54) is 19.2 Å². The molecule has 1 aromatic carbocycles. The number of nitrogens with zero attached hydrogens (tertiary/aromatic N) is 1. The minimum absolute atomic E-state index is 0.162. The van der Waals surface area contributed by atoms with E-state index in [2.05, 4.69) is 6.92 Å². The first kappa shape index (κ1) is 11.4. The molecule has 0 aliphatic carbocycles. The summed E-state index contributed by atoms with van der Waals surface area (Å²) in [4.78, 5) is 10.1. The molecule has 0 bridgehead atoms. The lowest BCUT2D eigenvalue weighted by molar-refractivity contribution is -0.385. The van der Waals surface area contributed by atoms with E-state index in [-0.39, 0.29) is 11.4 Å². The molecule has 0 aromatic heterocycles. The van der Waals surface area contributed by atoms with Gasteiger partial charge in [0, 0.05) is 12.0 Å². The van der Waals surface area contributed by atoms with Crippen molar-refractivity contribution in [3.63, 3.8) is 0 Å². The third-order valence-electron chi connectivity index (χ3n) is 2.06. The highest BCUT2D eigenvalue weighted by molar-refractivity contribution is 5.49. The zero-order valence-corrected chi connectivity index (χ0v) is 8.27. The second kappa shape index (κ2) is 4.72. The maximum atomic E-state index is 12.3. The van der Waals surface area contributed by atoms with Crippen molar-refractivity contribution in [2.45, 2.75) is 5.92 Å². The third-order valence-corrected chi connectivity index (χ3v) is 2.06. The average molecular weight is 212 g/mol. The molecule has 0 heterocycles. The highest BCUT2D eigenvalue weighted by Crippen LogP contribution is 2.30. The molecular weight excluding hydrogens is 201 g/mol. The molecule has 15 heavy (non-hydrogen) atoms. The van der Waals surface area contributed by atoms with E-state index < -0.39 is 17.5 Å². The Hall–Kier alpha value is -1.65. The molecule has 1 unspecified atom stereocenters. The molecule has 0 amide bonds. The molecule has 0 saturated carbocycles. The fourth-order valence-corrected chi connectivity index (χ4v) is 1.19. The lowest BCUT2D eigenvalue weighted by Gasteiger charge is -2.08. The van der Waals surface area contributed by atoms with Crippen molar-refractivity contribution in [2.75, 3.05) is 13.8 Å². The summed E-state index contributed by atoms with van der Waals surface area (Å²) in [6, 6.07) is 4.31. The van der Waals surface area contributed by atoms with Gasteiger partial charge in [-0.3, -0.25) is 14.5 Å². The van der Waals surface area contributed by atoms with Crippen molar-refractivity contribution < 1.29 is 14.1 Å². The number of benzene rings is 1. The molecule has 81 valence electrons. The molecule has 1 atom stereocenters. The number of nitro benzene ring substituents is 1. The van der Waals surface area contributed by atoms with E-state index in [4.69, 9.17) is 4.74 Å². The normalized spacial score (nSPS) is 12.2. The zero-order chi connectivity index (χ0) is 11.4. The predicted molar refractivity (Wildman–Crippen MR) is 53.7 cm³/mol. The summed E-state index contributed by atoms with van der Waals surface area (Å²) in [5.41, 5.74) is 0.321. The summed E-state index contributed by atoms with van der Waals surface area (Å²) < 4.78 is 17.1. The van der Waals surface area contributed by atoms with Gasteiger partial charge in [0.25, 0.3) is 0 Å². The molecule has 0 spiro atoms. The van der Waals surface area contributed by atoms with Gasteiger partial charge in [-0.15, -0.1) is 0 Å². The first-order chi connectivity index (χ1) is 7.10. The summed E-state index contributed by atoms with van der Waals surface area (Å²) in [7, 11) is 1.35. The first-order valence-corrected chi connectivity index (χ1v) is 4.31. The van der Waals surface area contributed by atoms with Gasteiger partial charge in [-0.25, -0.2) is 0 Å². The molecule has 1 rings (SSSR count). The van der Waals surface area contributed by atoms with Gasteiger partial charge in [-0.05, 0) is 18.6 Å². The molecule has 0 aliphatic rings. The van der Waals surface area contributed by atoms with Crippen molar-refractivity contribution >= 4 is 5.69 Å². The Morgan fingerprint density at radius 3 is 2.80 bits per heavy atom. The summed E-state index contributed by atoms with van der Waals surface area (Å²) in [5.74, 6) is -0.426. The van der Waals surface area contributed by atoms with E-state index in [9.17, 15) is 14.5 Å². The van der Waals surface area contributed by atoms with E-state index in [0.717, 1.165) is 0 Å². The van der Waals surface area contributed by atoms with Crippen LogP contribution >= 0.6 is 0 Å². The van der Waals surface area contributed by atoms with E-state index >= 15 is 0 Å². The molecule has 0 aliphatic heterocycles. The van der Waals surface area contributed by atoms with Gasteiger partial charge < -0.3 is 4.74 Å². The van der Waals surface area contributed by atoms with Crippen molar-refractivity contribution in [1.29, 1.82) is 0 Å². The van der Waals surface area contributed by atoms with Crippen LogP contribution < -0.4 is 4.74 Å². The Labute approximate surface area is 86.8 Å². The fourth-order valence-electron chi connectivity index (χ4n) is 1.19. The van der Waals surface area contributed by atoms with Crippen LogP contribution in [0.1, 0.15) is 11.5 Å². The lowest BCUT2D eigenvalue weighted by Crippen LogP contribution is -1.99. The van der Waals surface area contributed by atoms with Crippen molar-refractivity contribution in [1.82, 2.24) is 0 Å². The average Bonchev–Trinajstić information content (AvgIpc) is 2.27. The van der Waals surface area contributed by atoms with E-state index in [1.807, 2.05) is 0 Å². The zero-order valence-electron chi connectivity index (χ0n) is 8.27. The predicted octanol–water partition coefficient (Wildman–Crippen LogP) is 2.49. The first-order valence-electron chi connectivity index (χ1n) is 4.31. The summed E-state index contributed by atoms with van der Waals surface area (Å²) >= 11 is 0. The maximum absolute atomic E-state index is 12.3. The van der Waals surface area contributed by atoms with Crippen LogP contribution in [0.3, 0.4) is 0 Å². The third kappa shape index (κ3) is 2.43. The van der Waals surface area contributed by atoms with Crippen LogP contribution in [-0.4, -0.2) is 18.7 Å². The van der Waals surface area contributed by atoms with Gasteiger partial charge >= 0.3 is 5.69 Å². The van der Waals surface area contributed by atoms with Crippen LogP contribution in [0, 0.1) is 17.0 Å². The van der Waals surface area contributed by atoms with Gasteiger partial charge in [0.15, 0.2) is 5.75 Å². The Balaban J connectivity index is 3.16. The summed E-state index contributed by atoms with van der Waals surface area (Å²) in [5, 5.41) is 10.7. The minimum Gasteiger partial charge on any atom is -0.490 e. The van der Waals surface area contributed by atoms with Crippen LogP contribution in [0.5, 0.6) is 5.75 Å². The smallest absolute Gasteiger partial charge is 0.311 e. The topological polar surface area (TPSA) is 52.4 Å². The van der Waals surface area contributed by atoms with Gasteiger partial charge in [-0.2, -0.15) is 0 Å². The van der Waals surface area contributed by atoms with Crippen LogP contribution in [-0.2, 0) is 0 Å². The highest BCUT2D eigenvalue weighted by atomic mass is 19.1. The van der Waals surface area contributed by atoms with Crippen molar-refractivity contribution in [3.05, 3.63) is 40.8 Å². The van der Waals surface area contributed by atoms with Crippen LogP contribution in [0.2, 0.25) is 0 Å². The van der Waals surface area contributed by atoms with Gasteiger partial charge in [0.05, 0.1) is 18.7 Å². The Morgan fingerprint density at radius 1 is 1.67 bits per heavy atom. The van der Waals surface area contributed by atoms with Crippen LogP contribution in [0.25, 0.3) is 0 Å². The molecule has 0 fully saturated rings. The second-order valence-electron chi connectivity index (χ2n) is 3.04. The van der Waals surface area contributed by atoms with Crippen LogP contribution in [0.15, 0.2) is 18.2 Å². The molecule has 5 heteroatoms. The van der Waals surface area contributed by atoms with Gasteiger partial charge in [-0.1, -0.05) is 6.07 Å². The number of nitro groups is 1. The Bertz CT molecular complexity index is 368. The SMILES string of the molecule is [CH2]C(CF)c1ccc(OC)c([N+](=O)[O-])c1. The Morgan fingerprint density at radius 2 is 2.33 bits per heavy atom. The van der Waals surface area contributed by atoms with Gasteiger partial charge in [0.2, 0.25) is 0 Å². The lowest BCUT2D eigenvalue weighted by atomic mass is 10.0. The largest absolute Gasteiger partial charge is 0.490 e. The van der Waals surface area contributed by atoms with Gasteiger partial charge in [0.1, 0.15) is 0 Å². The monoisotopic (exact) mass is 212 g/mol. The number of halogens is 1. The number of hydrogen-bond acceptors (Lipinski definition) is 3. The Kier molecular flexibility index (Phi) is 3.60. The number of hydrogen-bond donors (Lipinski definition) is 0. The summed E-state index contributed by atoms with van der Waals surface area (Å²) in [6.07, 6.45) is 0. The molecule has 4 nitrogen and oxygen atoms in total. The molecule has 1 radical (unpaired) electrons. The maximum Gasteiger partial charge on any atom is 0.311 e. The number of rotatable bonds is 4. The van der Waals surface area contributed by atoms with Crippen molar-refractivity contribution in [2.24, 2.45) is 0 Å². The van der Waals surface area contributed by atoms with Crippen LogP contribution in [0.4, 0.5) is 10.1 Å². The van der Waals surface area contributed by atoms with E-state index in [0.29, 0.717) is 5.56 Å². The second-order valence-corrected chi connectivity index (χ2v) is 3.04. The summed E-state index contributed by atoms with van der Waals surface area (Å²) in [6.45, 7) is 2.89. The number of methoxy groups -OCH3 is 1. The minimum atomic E-state index is -0.649. The fraction of sp³-hybridized carbons (Fsp3) is 0.300. The highest BCUT2D eigenvalue weighted by Gasteiger charge is 2.17. The molecule has 1 aromatic rings. The number of alkyl halides is 1. The number of ether oxygens (including phenoxy) is 1. The molecular formula is C10H11FNO3. The quantitative estimate of drug-likeness (QED) is 0.569. The molecule has 0 N–H and O–H groups in total.